The number of rotatable bonds is 2. The van der Waals surface area contributed by atoms with E-state index >= 15 is 0 Å². The molecule has 9 heteroatoms. The Balaban J connectivity index is 2.02. The first kappa shape index (κ1) is 13.7. The quantitative estimate of drug-likeness (QED) is 0.767. The van der Waals surface area contributed by atoms with Crippen molar-refractivity contribution in [2.45, 2.75) is 18.6 Å². The highest BCUT2D eigenvalue weighted by Crippen LogP contribution is 2.20. The van der Waals surface area contributed by atoms with Crippen molar-refractivity contribution in [1.82, 2.24) is 14.3 Å². The molecule has 2 aromatic heterocycles. The zero-order chi connectivity index (χ0) is 15.1. The van der Waals surface area contributed by atoms with Gasteiger partial charge in [0.15, 0.2) is 4.96 Å². The zero-order valence-electron chi connectivity index (χ0n) is 10.7. The molecule has 3 heterocycles. The molecular weight excluding hydrogens is 298 g/mol. The van der Waals surface area contributed by atoms with Crippen LogP contribution in [0.5, 0.6) is 0 Å². The van der Waals surface area contributed by atoms with Gasteiger partial charge in [0, 0.05) is 30.7 Å². The van der Waals surface area contributed by atoms with Gasteiger partial charge in [-0.25, -0.2) is 9.78 Å². The summed E-state index contributed by atoms with van der Waals surface area (Å²) >= 11 is 1.25. The molecule has 1 saturated heterocycles. The number of aliphatic carboxylic acids is 1. The van der Waals surface area contributed by atoms with Gasteiger partial charge in [-0.15, -0.1) is 11.3 Å². The van der Waals surface area contributed by atoms with Crippen molar-refractivity contribution in [3.05, 3.63) is 33.7 Å². The van der Waals surface area contributed by atoms with E-state index in [0.717, 1.165) is 11.1 Å². The van der Waals surface area contributed by atoms with Gasteiger partial charge in [0.2, 0.25) is 0 Å². The first-order valence-electron chi connectivity index (χ1n) is 6.15. The summed E-state index contributed by atoms with van der Waals surface area (Å²) in [5.74, 6) is -1.93. The van der Waals surface area contributed by atoms with E-state index in [2.05, 4.69) is 4.98 Å². The van der Waals surface area contributed by atoms with E-state index in [-0.39, 0.29) is 18.5 Å². The zero-order valence-corrected chi connectivity index (χ0v) is 11.5. The fraction of sp³-hybridized carbons (Fsp3) is 0.333. The van der Waals surface area contributed by atoms with Crippen LogP contribution in [0.25, 0.3) is 4.96 Å². The standard InChI is InChI=1S/C12H11N3O5S/c16-6-3-8(11(19)20)15(5-6)10(18)7-4-13-12-14(9(7)17)1-2-21-12/h1-2,4,6,8,16H,3,5H2,(H,19,20). The van der Waals surface area contributed by atoms with Crippen LogP contribution in [-0.4, -0.2) is 55.1 Å². The second kappa shape index (κ2) is 4.93. The van der Waals surface area contributed by atoms with E-state index in [1.54, 1.807) is 5.38 Å². The van der Waals surface area contributed by atoms with Gasteiger partial charge in [-0.2, -0.15) is 0 Å². The van der Waals surface area contributed by atoms with Gasteiger partial charge in [-0.3, -0.25) is 14.0 Å². The highest BCUT2D eigenvalue weighted by molar-refractivity contribution is 7.15. The molecule has 0 spiro atoms. The molecule has 3 rings (SSSR count). The van der Waals surface area contributed by atoms with Crippen LogP contribution in [0.3, 0.4) is 0 Å². The van der Waals surface area contributed by atoms with Crippen molar-refractivity contribution < 1.29 is 19.8 Å². The van der Waals surface area contributed by atoms with Crippen LogP contribution >= 0.6 is 11.3 Å². The van der Waals surface area contributed by atoms with Crippen LogP contribution in [0.15, 0.2) is 22.6 Å². The number of nitrogens with zero attached hydrogens (tertiary/aromatic N) is 3. The monoisotopic (exact) mass is 309 g/mol. The normalized spacial score (nSPS) is 21.9. The summed E-state index contributed by atoms with van der Waals surface area (Å²) in [6.07, 6.45) is 1.70. The van der Waals surface area contributed by atoms with Gasteiger partial charge in [0.1, 0.15) is 11.6 Å². The molecule has 21 heavy (non-hydrogen) atoms. The largest absolute Gasteiger partial charge is 0.480 e. The number of hydrogen-bond donors (Lipinski definition) is 2. The van der Waals surface area contributed by atoms with Crippen LogP contribution < -0.4 is 5.56 Å². The molecule has 2 N–H and O–H groups in total. The molecule has 8 nitrogen and oxygen atoms in total. The fourth-order valence-corrected chi connectivity index (χ4v) is 3.07. The smallest absolute Gasteiger partial charge is 0.326 e. The molecule has 2 aromatic rings. The summed E-state index contributed by atoms with van der Waals surface area (Å²) in [6, 6.07) is -1.13. The van der Waals surface area contributed by atoms with Crippen LogP contribution in [0.1, 0.15) is 16.8 Å². The lowest BCUT2D eigenvalue weighted by Gasteiger charge is -2.20. The Morgan fingerprint density at radius 1 is 1.43 bits per heavy atom. The Bertz CT molecular complexity index is 783. The molecule has 1 aliphatic rings. The number of aliphatic hydroxyl groups is 1. The summed E-state index contributed by atoms with van der Waals surface area (Å²) in [7, 11) is 0. The number of carbonyl (C=O) groups excluding carboxylic acids is 1. The van der Waals surface area contributed by atoms with E-state index in [0.29, 0.717) is 4.96 Å². The van der Waals surface area contributed by atoms with E-state index < -0.39 is 29.6 Å². The van der Waals surface area contributed by atoms with E-state index in [1.807, 2.05) is 0 Å². The summed E-state index contributed by atoms with van der Waals surface area (Å²) in [5, 5.41) is 20.3. The van der Waals surface area contributed by atoms with Gasteiger partial charge >= 0.3 is 5.97 Å². The van der Waals surface area contributed by atoms with E-state index in [9.17, 15) is 19.5 Å². The number of amides is 1. The maximum atomic E-state index is 12.4. The summed E-state index contributed by atoms with van der Waals surface area (Å²) < 4.78 is 1.24. The molecule has 110 valence electrons. The minimum atomic E-state index is -1.20. The third-order valence-electron chi connectivity index (χ3n) is 3.40. The molecule has 1 fully saturated rings. The molecule has 1 amide bonds. The number of thiazole rings is 1. The van der Waals surface area contributed by atoms with Gasteiger partial charge < -0.3 is 15.1 Å². The van der Waals surface area contributed by atoms with Crippen molar-refractivity contribution >= 4 is 28.2 Å². The Morgan fingerprint density at radius 2 is 2.19 bits per heavy atom. The summed E-state index contributed by atoms with van der Waals surface area (Å²) in [6.45, 7) is -0.110. The first-order chi connectivity index (χ1) is 9.99. The fourth-order valence-electron chi connectivity index (χ4n) is 2.40. The predicted octanol–water partition coefficient (Wildman–Crippen LogP) is -0.584. The minimum absolute atomic E-state index is 0.0451. The Labute approximate surface area is 121 Å². The average Bonchev–Trinajstić information content (AvgIpc) is 3.05. The molecule has 0 aromatic carbocycles. The summed E-state index contributed by atoms with van der Waals surface area (Å²) in [5.41, 5.74) is -0.747. The first-order valence-corrected chi connectivity index (χ1v) is 7.03. The van der Waals surface area contributed by atoms with Crippen molar-refractivity contribution in [3.63, 3.8) is 0 Å². The maximum Gasteiger partial charge on any atom is 0.326 e. The second-order valence-electron chi connectivity index (χ2n) is 4.73. The molecular formula is C12H11N3O5S. The van der Waals surface area contributed by atoms with Gasteiger partial charge in [-0.05, 0) is 0 Å². The van der Waals surface area contributed by atoms with Crippen molar-refractivity contribution in [3.8, 4) is 0 Å². The SMILES string of the molecule is O=C(O)C1CC(O)CN1C(=O)c1cnc2sccn2c1=O. The van der Waals surface area contributed by atoms with Crippen LogP contribution in [0.2, 0.25) is 0 Å². The third-order valence-corrected chi connectivity index (χ3v) is 4.17. The number of carboxylic acids is 1. The topological polar surface area (TPSA) is 112 Å². The highest BCUT2D eigenvalue weighted by atomic mass is 32.1. The van der Waals surface area contributed by atoms with Gasteiger partial charge in [0.25, 0.3) is 11.5 Å². The number of carboxylic acid groups (broad SMARTS) is 1. The predicted molar refractivity (Wildman–Crippen MR) is 72.4 cm³/mol. The van der Waals surface area contributed by atoms with Crippen molar-refractivity contribution in [1.29, 1.82) is 0 Å². The van der Waals surface area contributed by atoms with Gasteiger partial charge in [0.05, 0.1) is 6.10 Å². The van der Waals surface area contributed by atoms with Crippen LogP contribution in [0, 0.1) is 0 Å². The molecule has 0 saturated carbocycles. The number of likely N-dealkylation sites (tertiary alicyclic amines) is 1. The average molecular weight is 309 g/mol. The second-order valence-corrected chi connectivity index (χ2v) is 5.61. The lowest BCUT2D eigenvalue weighted by atomic mass is 10.2. The Morgan fingerprint density at radius 3 is 2.90 bits per heavy atom. The minimum Gasteiger partial charge on any atom is -0.480 e. The van der Waals surface area contributed by atoms with E-state index in [1.165, 1.54) is 21.9 Å². The highest BCUT2D eigenvalue weighted by Gasteiger charge is 2.40. The van der Waals surface area contributed by atoms with Crippen LogP contribution in [-0.2, 0) is 4.79 Å². The number of aliphatic hydroxyl groups excluding tert-OH is 1. The number of carbonyl (C=O) groups is 2. The Kier molecular flexibility index (Phi) is 3.22. The lowest BCUT2D eigenvalue weighted by Crippen LogP contribution is -2.42. The van der Waals surface area contributed by atoms with Gasteiger partial charge in [-0.1, -0.05) is 0 Å². The molecule has 2 atom stereocenters. The lowest BCUT2D eigenvalue weighted by molar-refractivity contribution is -0.141. The molecule has 1 aliphatic heterocycles. The molecule has 0 aliphatic carbocycles. The number of β-amino-alcohol motifs (C(OH)–C–C–N with tert-alkyl or cyclic N) is 1. The Hall–Kier alpha value is -2.26. The third kappa shape index (κ3) is 2.20. The van der Waals surface area contributed by atoms with Crippen molar-refractivity contribution in [2.24, 2.45) is 0 Å². The molecule has 2 unspecified atom stereocenters. The molecule has 0 radical (unpaired) electrons. The number of aromatic nitrogens is 2. The maximum absolute atomic E-state index is 12.4. The van der Waals surface area contributed by atoms with Crippen LogP contribution in [0.4, 0.5) is 0 Å². The van der Waals surface area contributed by atoms with Crippen molar-refractivity contribution in [2.75, 3.05) is 6.54 Å². The molecule has 0 bridgehead atoms. The summed E-state index contributed by atoms with van der Waals surface area (Å²) in [4.78, 5) is 41.2. The number of fused-ring (bicyclic) bond motifs is 1. The van der Waals surface area contributed by atoms with E-state index in [4.69, 9.17) is 5.11 Å². The number of hydrogen-bond acceptors (Lipinski definition) is 6.